The molecule has 172 valence electrons. The highest BCUT2D eigenvalue weighted by Crippen LogP contribution is 2.62. The van der Waals surface area contributed by atoms with Crippen LogP contribution in [-0.2, 0) is 11.6 Å². The Morgan fingerprint density at radius 1 is 1.09 bits per heavy atom. The van der Waals surface area contributed by atoms with E-state index in [-0.39, 0.29) is 21.2 Å². The number of hydrogen-bond donors (Lipinski definition) is 2. The lowest BCUT2D eigenvalue weighted by Gasteiger charge is -2.27. The highest BCUT2D eigenvalue weighted by Gasteiger charge is 2.66. The first-order valence-corrected chi connectivity index (χ1v) is 11.4. The van der Waals surface area contributed by atoms with Gasteiger partial charge in [0.1, 0.15) is 10.8 Å². The molecule has 4 N–H and O–H groups in total. The average Bonchev–Trinajstić information content (AvgIpc) is 3.48. The monoisotopic (exact) mass is 473 g/mol. The summed E-state index contributed by atoms with van der Waals surface area (Å²) in [5.74, 6) is 1.52. The quantitative estimate of drug-likeness (QED) is 0.581. The van der Waals surface area contributed by atoms with Gasteiger partial charge < -0.3 is 16.4 Å². The number of fused-ring (bicyclic) bond motifs is 1. The van der Waals surface area contributed by atoms with E-state index < -0.39 is 11.9 Å². The fraction of sp³-hybridized carbons (Fsp3) is 0.364. The number of piperidine rings is 1. The topological polar surface area (TPSA) is 107 Å². The summed E-state index contributed by atoms with van der Waals surface area (Å²) in [6, 6.07) is 8.70. The summed E-state index contributed by atoms with van der Waals surface area (Å²) in [6.07, 6.45) is 0.850. The smallest absolute Gasteiger partial charge is 0.381 e. The van der Waals surface area contributed by atoms with Gasteiger partial charge in [-0.25, -0.2) is 9.97 Å². The molecule has 3 aromatic rings. The van der Waals surface area contributed by atoms with Crippen molar-refractivity contribution in [2.24, 2.45) is 17.6 Å². The summed E-state index contributed by atoms with van der Waals surface area (Å²) >= 11 is 0.808. The van der Waals surface area contributed by atoms with Crippen molar-refractivity contribution in [3.63, 3.8) is 0 Å². The Kier molecular flexibility index (Phi) is 5.40. The second-order valence-corrected chi connectivity index (χ2v) is 9.31. The summed E-state index contributed by atoms with van der Waals surface area (Å²) in [6.45, 7) is 2.06. The lowest BCUT2D eigenvalue weighted by atomic mass is 9.96. The summed E-state index contributed by atoms with van der Waals surface area (Å²) in [4.78, 5) is 18.9. The first-order valence-electron chi connectivity index (χ1n) is 10.5. The summed E-state index contributed by atoms with van der Waals surface area (Å²) in [7, 11) is 0. The molecule has 7 nitrogen and oxygen atoms in total. The summed E-state index contributed by atoms with van der Waals surface area (Å²) in [5.41, 5.74) is 12.2. The number of alkyl halides is 3. The van der Waals surface area contributed by atoms with Crippen molar-refractivity contribution >= 4 is 23.4 Å². The molecule has 3 aromatic heterocycles. The molecule has 33 heavy (non-hydrogen) atoms. The third-order valence-electron chi connectivity index (χ3n) is 6.63. The molecular formula is C22H22F3N7S. The lowest BCUT2D eigenvalue weighted by Crippen LogP contribution is -2.33. The normalized spacial score (nSPS) is 24.4. The van der Waals surface area contributed by atoms with Crippen LogP contribution in [0.5, 0.6) is 0 Å². The molecule has 0 unspecified atom stereocenters. The van der Waals surface area contributed by atoms with Crippen molar-refractivity contribution in [3.8, 4) is 0 Å². The number of anilines is 2. The summed E-state index contributed by atoms with van der Waals surface area (Å²) < 4.78 is 39.8. The molecule has 0 spiro atoms. The molecule has 0 bridgehead atoms. The Morgan fingerprint density at radius 3 is 2.61 bits per heavy atom. The standard InChI is InChI=1S/C22H22F3N7S/c23-22(24,25)18-15(4-3-8-29-18)33-20-19(27)31-17(10-30-20)32-9-6-13-14(11-32)21(13,12-26)16-5-1-2-7-28-16/h1-5,7-8,10,13-14H,6,9,11-12,26H2,(H2,27,31)/t13-,14+,21+/m1/s1. The van der Waals surface area contributed by atoms with Crippen LogP contribution in [0.25, 0.3) is 0 Å². The second kappa shape index (κ2) is 8.14. The van der Waals surface area contributed by atoms with Crippen LogP contribution in [0, 0.1) is 11.8 Å². The van der Waals surface area contributed by atoms with Gasteiger partial charge in [0.25, 0.3) is 0 Å². The van der Waals surface area contributed by atoms with Gasteiger partial charge in [0, 0.05) is 48.0 Å². The molecule has 0 aromatic carbocycles. The van der Waals surface area contributed by atoms with Gasteiger partial charge in [0.15, 0.2) is 11.5 Å². The first-order chi connectivity index (χ1) is 15.8. The molecule has 1 aliphatic heterocycles. The van der Waals surface area contributed by atoms with E-state index in [1.807, 2.05) is 18.2 Å². The van der Waals surface area contributed by atoms with Crippen molar-refractivity contribution in [2.45, 2.75) is 27.9 Å². The maximum absolute atomic E-state index is 13.3. The van der Waals surface area contributed by atoms with E-state index >= 15 is 0 Å². The van der Waals surface area contributed by atoms with E-state index in [0.717, 1.165) is 43.2 Å². The number of aromatic nitrogens is 4. The van der Waals surface area contributed by atoms with Gasteiger partial charge in [-0.05, 0) is 42.5 Å². The fourth-order valence-corrected chi connectivity index (χ4v) is 5.89. The van der Waals surface area contributed by atoms with Crippen LogP contribution in [0.2, 0.25) is 0 Å². The molecule has 0 radical (unpaired) electrons. The minimum Gasteiger partial charge on any atom is -0.381 e. The minimum absolute atomic E-state index is 0.0689. The molecule has 4 heterocycles. The van der Waals surface area contributed by atoms with Crippen molar-refractivity contribution in [2.75, 3.05) is 30.3 Å². The molecular weight excluding hydrogens is 451 g/mol. The zero-order valence-corrected chi connectivity index (χ0v) is 18.4. The van der Waals surface area contributed by atoms with Gasteiger partial charge in [-0.3, -0.25) is 9.97 Å². The number of rotatable bonds is 5. The highest BCUT2D eigenvalue weighted by molar-refractivity contribution is 7.99. The maximum atomic E-state index is 13.3. The van der Waals surface area contributed by atoms with E-state index in [2.05, 4.69) is 24.8 Å². The predicted octanol–water partition coefficient (Wildman–Crippen LogP) is 3.37. The zero-order chi connectivity index (χ0) is 23.2. The SMILES string of the molecule is NC[C@]1(c2ccccn2)[C@@H]2CCN(c3cnc(Sc4cccnc4C(F)(F)F)c(N)n3)C[C@@H]21. The Bertz CT molecular complexity index is 1160. The molecule has 3 atom stereocenters. The second-order valence-electron chi connectivity index (χ2n) is 8.28. The predicted molar refractivity (Wildman–Crippen MR) is 119 cm³/mol. The molecule has 1 saturated heterocycles. The molecule has 11 heteroatoms. The third kappa shape index (κ3) is 3.78. The van der Waals surface area contributed by atoms with Crippen LogP contribution in [0.3, 0.4) is 0 Å². The van der Waals surface area contributed by atoms with Crippen molar-refractivity contribution in [1.29, 1.82) is 0 Å². The van der Waals surface area contributed by atoms with Crippen molar-refractivity contribution in [1.82, 2.24) is 19.9 Å². The van der Waals surface area contributed by atoms with Crippen LogP contribution in [-0.4, -0.2) is 39.6 Å². The van der Waals surface area contributed by atoms with E-state index in [0.29, 0.717) is 24.2 Å². The molecule has 1 aliphatic carbocycles. The fourth-order valence-electron chi connectivity index (χ4n) is 5.01. The van der Waals surface area contributed by atoms with Gasteiger partial charge in [0.05, 0.1) is 6.20 Å². The first kappa shape index (κ1) is 21.9. The van der Waals surface area contributed by atoms with Crippen molar-refractivity contribution in [3.05, 3.63) is 60.3 Å². The molecule has 0 amide bonds. The Hall–Kier alpha value is -2.92. The molecule has 2 fully saturated rings. The third-order valence-corrected chi connectivity index (χ3v) is 7.69. The number of nitrogens with two attached hydrogens (primary N) is 2. The van der Waals surface area contributed by atoms with Gasteiger partial charge in [-0.1, -0.05) is 17.8 Å². The summed E-state index contributed by atoms with van der Waals surface area (Å²) in [5, 5.41) is 0.211. The largest absolute Gasteiger partial charge is 0.434 e. The van der Waals surface area contributed by atoms with Crippen LogP contribution >= 0.6 is 11.8 Å². The van der Waals surface area contributed by atoms with E-state index in [9.17, 15) is 13.2 Å². The lowest BCUT2D eigenvalue weighted by molar-refractivity contribution is -0.143. The molecule has 5 rings (SSSR count). The molecule has 2 aliphatic rings. The van der Waals surface area contributed by atoms with Gasteiger partial charge >= 0.3 is 6.18 Å². The number of pyridine rings is 2. The average molecular weight is 474 g/mol. The number of nitrogen functional groups attached to an aromatic ring is 1. The highest BCUT2D eigenvalue weighted by atomic mass is 32.2. The van der Waals surface area contributed by atoms with E-state index in [1.165, 1.54) is 12.1 Å². The Morgan fingerprint density at radius 2 is 1.91 bits per heavy atom. The van der Waals surface area contributed by atoms with Gasteiger partial charge in [-0.15, -0.1) is 0 Å². The number of halogens is 3. The van der Waals surface area contributed by atoms with Crippen LogP contribution in [0.15, 0.2) is 58.8 Å². The van der Waals surface area contributed by atoms with E-state index in [1.54, 1.807) is 12.4 Å². The maximum Gasteiger partial charge on any atom is 0.434 e. The number of nitrogens with zero attached hydrogens (tertiary/aromatic N) is 5. The van der Waals surface area contributed by atoms with Crippen molar-refractivity contribution < 1.29 is 13.2 Å². The minimum atomic E-state index is -4.57. The Balaban J connectivity index is 1.34. The Labute approximate surface area is 192 Å². The molecule has 1 saturated carbocycles. The van der Waals surface area contributed by atoms with Gasteiger partial charge in [-0.2, -0.15) is 13.2 Å². The van der Waals surface area contributed by atoms with Crippen LogP contribution in [0.1, 0.15) is 17.8 Å². The van der Waals surface area contributed by atoms with E-state index in [4.69, 9.17) is 11.5 Å². The van der Waals surface area contributed by atoms with Crippen LogP contribution in [0.4, 0.5) is 24.8 Å². The number of hydrogen-bond acceptors (Lipinski definition) is 8. The van der Waals surface area contributed by atoms with Gasteiger partial charge in [0.2, 0.25) is 0 Å². The van der Waals surface area contributed by atoms with Crippen LogP contribution < -0.4 is 16.4 Å². The zero-order valence-electron chi connectivity index (χ0n) is 17.5.